The van der Waals surface area contributed by atoms with Gasteiger partial charge in [-0.25, -0.2) is 4.39 Å². The summed E-state index contributed by atoms with van der Waals surface area (Å²) < 4.78 is 29.2. The average Bonchev–Trinajstić information content (AvgIpc) is 2.53. The Morgan fingerprint density at radius 1 is 0.905 bits per heavy atom. The summed E-state index contributed by atoms with van der Waals surface area (Å²) in [6.45, 7) is 0. The van der Waals surface area contributed by atoms with Gasteiger partial charge in [0.15, 0.2) is 0 Å². The predicted octanol–water partition coefficient (Wildman–Crippen LogP) is 4.18. The van der Waals surface area contributed by atoms with Crippen LogP contribution in [0.5, 0.6) is 17.2 Å². The van der Waals surface area contributed by atoms with Crippen molar-refractivity contribution in [3.63, 3.8) is 0 Å². The van der Waals surface area contributed by atoms with Crippen LogP contribution in [0.3, 0.4) is 0 Å². The molecule has 0 radical (unpaired) electrons. The SMILES string of the molecule is COc1cc(OC)cc(C(Cl)c2cc(F)ccc2OC)c1. The molecule has 21 heavy (non-hydrogen) atoms. The number of alkyl halides is 1. The Bertz CT molecular complexity index is 609. The molecule has 3 nitrogen and oxygen atoms in total. The number of hydrogen-bond donors (Lipinski definition) is 0. The number of ether oxygens (including phenoxy) is 3. The molecule has 0 spiro atoms. The molecular formula is C16H16ClFO3. The second-order valence-corrected chi connectivity index (χ2v) is 4.83. The van der Waals surface area contributed by atoms with Crippen molar-refractivity contribution < 1.29 is 18.6 Å². The zero-order valence-corrected chi connectivity index (χ0v) is 12.8. The van der Waals surface area contributed by atoms with Crippen molar-refractivity contribution in [2.75, 3.05) is 21.3 Å². The van der Waals surface area contributed by atoms with E-state index in [1.165, 1.54) is 19.2 Å². The zero-order valence-electron chi connectivity index (χ0n) is 12.0. The van der Waals surface area contributed by atoms with Gasteiger partial charge in [0.1, 0.15) is 23.1 Å². The van der Waals surface area contributed by atoms with E-state index >= 15 is 0 Å². The van der Waals surface area contributed by atoms with Crippen LogP contribution in [0, 0.1) is 5.82 Å². The molecule has 0 fully saturated rings. The summed E-state index contributed by atoms with van der Waals surface area (Å²) in [6, 6.07) is 9.56. The van der Waals surface area contributed by atoms with Crippen molar-refractivity contribution >= 4 is 11.6 Å². The molecule has 112 valence electrons. The Kier molecular flexibility index (Phi) is 4.91. The molecule has 0 amide bonds. The quantitative estimate of drug-likeness (QED) is 0.775. The van der Waals surface area contributed by atoms with Crippen molar-refractivity contribution in [2.45, 2.75) is 5.38 Å². The van der Waals surface area contributed by atoms with Crippen LogP contribution in [-0.2, 0) is 0 Å². The van der Waals surface area contributed by atoms with Gasteiger partial charge in [0, 0.05) is 11.6 Å². The Balaban J connectivity index is 2.48. The lowest BCUT2D eigenvalue weighted by molar-refractivity contribution is 0.393. The monoisotopic (exact) mass is 310 g/mol. The smallest absolute Gasteiger partial charge is 0.124 e. The summed E-state index contributed by atoms with van der Waals surface area (Å²) in [6.07, 6.45) is 0. The van der Waals surface area contributed by atoms with Gasteiger partial charge in [0.25, 0.3) is 0 Å². The van der Waals surface area contributed by atoms with Crippen LogP contribution in [0.1, 0.15) is 16.5 Å². The Morgan fingerprint density at radius 2 is 1.52 bits per heavy atom. The van der Waals surface area contributed by atoms with Gasteiger partial charge < -0.3 is 14.2 Å². The van der Waals surface area contributed by atoms with Gasteiger partial charge in [0.05, 0.1) is 26.7 Å². The largest absolute Gasteiger partial charge is 0.497 e. The average molecular weight is 311 g/mol. The molecule has 0 heterocycles. The first-order valence-electron chi connectivity index (χ1n) is 6.29. The van der Waals surface area contributed by atoms with Crippen LogP contribution >= 0.6 is 11.6 Å². The molecule has 0 aliphatic carbocycles. The summed E-state index contributed by atoms with van der Waals surface area (Å²) >= 11 is 6.49. The lowest BCUT2D eigenvalue weighted by Crippen LogP contribution is -2.00. The van der Waals surface area contributed by atoms with Gasteiger partial charge in [-0.2, -0.15) is 0 Å². The van der Waals surface area contributed by atoms with Crippen LogP contribution in [0.4, 0.5) is 4.39 Å². The lowest BCUT2D eigenvalue weighted by Gasteiger charge is -2.16. The molecule has 0 N–H and O–H groups in total. The van der Waals surface area contributed by atoms with Crippen LogP contribution in [0.25, 0.3) is 0 Å². The van der Waals surface area contributed by atoms with Gasteiger partial charge in [-0.05, 0) is 35.9 Å². The summed E-state index contributed by atoms with van der Waals surface area (Å²) in [5, 5.41) is -0.584. The highest BCUT2D eigenvalue weighted by Crippen LogP contribution is 2.38. The topological polar surface area (TPSA) is 27.7 Å². The predicted molar refractivity (Wildman–Crippen MR) is 80.2 cm³/mol. The van der Waals surface area contributed by atoms with Crippen LogP contribution in [0.2, 0.25) is 0 Å². The fraction of sp³-hybridized carbons (Fsp3) is 0.250. The Morgan fingerprint density at radius 3 is 2.05 bits per heavy atom. The van der Waals surface area contributed by atoms with Gasteiger partial charge in [-0.1, -0.05) is 0 Å². The third-order valence-corrected chi connectivity index (χ3v) is 3.62. The van der Waals surface area contributed by atoms with Crippen LogP contribution in [-0.4, -0.2) is 21.3 Å². The molecule has 0 aromatic heterocycles. The standard InChI is InChI=1S/C16H16ClFO3/c1-19-12-6-10(7-13(9-12)20-2)16(17)14-8-11(18)4-5-15(14)21-3/h4-9,16H,1-3H3. The molecule has 0 saturated heterocycles. The highest BCUT2D eigenvalue weighted by atomic mass is 35.5. The van der Waals surface area contributed by atoms with E-state index in [2.05, 4.69) is 0 Å². The van der Waals surface area contributed by atoms with E-state index in [-0.39, 0.29) is 5.82 Å². The van der Waals surface area contributed by atoms with E-state index in [1.807, 2.05) is 0 Å². The van der Waals surface area contributed by atoms with Gasteiger partial charge in [0.2, 0.25) is 0 Å². The van der Waals surface area contributed by atoms with Gasteiger partial charge >= 0.3 is 0 Å². The molecule has 2 aromatic rings. The molecule has 0 bridgehead atoms. The van der Waals surface area contributed by atoms with Crippen molar-refractivity contribution in [1.82, 2.24) is 0 Å². The molecule has 1 unspecified atom stereocenters. The maximum Gasteiger partial charge on any atom is 0.124 e. The third kappa shape index (κ3) is 3.39. The third-order valence-electron chi connectivity index (χ3n) is 3.13. The van der Waals surface area contributed by atoms with E-state index in [0.29, 0.717) is 22.8 Å². The molecule has 1 atom stereocenters. The fourth-order valence-corrected chi connectivity index (χ4v) is 2.36. The van der Waals surface area contributed by atoms with Gasteiger partial charge in [-0.15, -0.1) is 11.6 Å². The summed E-state index contributed by atoms with van der Waals surface area (Å²) in [5.74, 6) is 1.39. The Labute approximate surface area is 128 Å². The maximum absolute atomic E-state index is 13.5. The maximum atomic E-state index is 13.5. The molecule has 0 saturated carbocycles. The minimum atomic E-state index is -0.584. The number of hydrogen-bond acceptors (Lipinski definition) is 3. The Hall–Kier alpha value is -1.94. The number of methoxy groups -OCH3 is 3. The van der Waals surface area contributed by atoms with Crippen LogP contribution in [0.15, 0.2) is 36.4 Å². The second kappa shape index (κ2) is 6.68. The fourth-order valence-electron chi connectivity index (χ4n) is 2.06. The van der Waals surface area contributed by atoms with Crippen LogP contribution < -0.4 is 14.2 Å². The van der Waals surface area contributed by atoms with Crippen molar-refractivity contribution in [1.29, 1.82) is 0 Å². The van der Waals surface area contributed by atoms with Crippen molar-refractivity contribution in [3.05, 3.63) is 53.3 Å². The number of rotatable bonds is 5. The highest BCUT2D eigenvalue weighted by molar-refractivity contribution is 6.22. The van der Waals surface area contributed by atoms with E-state index < -0.39 is 5.38 Å². The van der Waals surface area contributed by atoms with Gasteiger partial charge in [-0.3, -0.25) is 0 Å². The van der Waals surface area contributed by atoms with Crippen molar-refractivity contribution in [2.24, 2.45) is 0 Å². The number of halogens is 2. The summed E-state index contributed by atoms with van der Waals surface area (Å²) in [4.78, 5) is 0. The molecule has 0 aliphatic heterocycles. The molecule has 5 heteroatoms. The van der Waals surface area contributed by atoms with E-state index in [9.17, 15) is 4.39 Å². The normalized spacial score (nSPS) is 11.9. The lowest BCUT2D eigenvalue weighted by atomic mass is 10.0. The molecule has 2 rings (SSSR count). The van der Waals surface area contributed by atoms with Crippen molar-refractivity contribution in [3.8, 4) is 17.2 Å². The minimum absolute atomic E-state index is 0.369. The zero-order chi connectivity index (χ0) is 15.4. The molecule has 0 aliphatic rings. The molecule has 2 aromatic carbocycles. The van der Waals surface area contributed by atoms with E-state index in [4.69, 9.17) is 25.8 Å². The first-order valence-corrected chi connectivity index (χ1v) is 6.73. The minimum Gasteiger partial charge on any atom is -0.497 e. The number of benzene rings is 2. The highest BCUT2D eigenvalue weighted by Gasteiger charge is 2.18. The van der Waals surface area contributed by atoms with E-state index in [0.717, 1.165) is 5.56 Å². The van der Waals surface area contributed by atoms with E-state index in [1.54, 1.807) is 38.5 Å². The molecular weight excluding hydrogens is 295 g/mol. The second-order valence-electron chi connectivity index (χ2n) is 4.39. The first kappa shape index (κ1) is 15.4. The first-order chi connectivity index (χ1) is 10.1. The summed E-state index contributed by atoms with van der Waals surface area (Å²) in [7, 11) is 4.64. The summed E-state index contributed by atoms with van der Waals surface area (Å²) in [5.41, 5.74) is 1.28.